The van der Waals surface area contributed by atoms with Gasteiger partial charge in [-0.3, -0.25) is 4.79 Å². The second kappa shape index (κ2) is 6.24. The van der Waals surface area contributed by atoms with Crippen LogP contribution in [0.1, 0.15) is 36.4 Å². The molecule has 1 aliphatic carbocycles. The summed E-state index contributed by atoms with van der Waals surface area (Å²) in [6, 6.07) is 4.97. The van der Waals surface area contributed by atoms with Gasteiger partial charge >= 0.3 is 0 Å². The molecule has 22 heavy (non-hydrogen) atoms. The third kappa shape index (κ3) is 3.40. The van der Waals surface area contributed by atoms with Gasteiger partial charge < -0.3 is 15.0 Å². The highest BCUT2D eigenvalue weighted by molar-refractivity contribution is 6.34. The summed E-state index contributed by atoms with van der Waals surface area (Å²) < 4.78 is 1.95. The first-order valence-corrected chi connectivity index (χ1v) is 7.60. The lowest BCUT2D eigenvalue weighted by atomic mass is 10.1. The Labute approximate surface area is 137 Å². The highest BCUT2D eigenvalue weighted by atomic mass is 35.5. The van der Waals surface area contributed by atoms with Crippen molar-refractivity contribution in [3.8, 4) is 0 Å². The molecule has 1 heterocycles. The fourth-order valence-electron chi connectivity index (χ4n) is 2.20. The van der Waals surface area contributed by atoms with E-state index in [2.05, 4.69) is 15.5 Å². The highest BCUT2D eigenvalue weighted by Gasteiger charge is 2.26. The highest BCUT2D eigenvalue weighted by Crippen LogP contribution is 2.35. The van der Waals surface area contributed by atoms with Crippen LogP contribution in [0.5, 0.6) is 0 Å². The van der Waals surface area contributed by atoms with Crippen LogP contribution in [0, 0.1) is 0 Å². The van der Waals surface area contributed by atoms with Crippen LogP contribution in [0.15, 0.2) is 24.5 Å². The zero-order valence-corrected chi connectivity index (χ0v) is 13.1. The molecule has 1 unspecified atom stereocenters. The standard InChI is InChI=1S/C14H14Cl2N4O2/c15-9-3-8(4-10(16)5-9)13(21)14(22)17-6-12-19-18-7-20(12)11-1-2-11/h3-5,7,11,13,21H,1-2,6H2,(H,17,22). The molecule has 1 aromatic carbocycles. The number of carbonyl (C=O) groups excluding carboxylic acids is 1. The van der Waals surface area contributed by atoms with Gasteiger partial charge in [-0.1, -0.05) is 23.2 Å². The van der Waals surface area contributed by atoms with Crippen LogP contribution in [0.3, 0.4) is 0 Å². The van der Waals surface area contributed by atoms with E-state index in [1.807, 2.05) is 4.57 Å². The zero-order chi connectivity index (χ0) is 15.7. The van der Waals surface area contributed by atoms with Crippen molar-refractivity contribution < 1.29 is 9.90 Å². The third-order valence-electron chi connectivity index (χ3n) is 3.46. The molecular formula is C14H14Cl2N4O2. The molecule has 1 amide bonds. The van der Waals surface area contributed by atoms with E-state index in [9.17, 15) is 9.90 Å². The van der Waals surface area contributed by atoms with Crippen molar-refractivity contribution in [3.63, 3.8) is 0 Å². The summed E-state index contributed by atoms with van der Waals surface area (Å²) in [6.07, 6.45) is 2.52. The smallest absolute Gasteiger partial charge is 0.253 e. The molecule has 1 saturated carbocycles. The topological polar surface area (TPSA) is 80.0 Å². The largest absolute Gasteiger partial charge is 0.378 e. The van der Waals surface area contributed by atoms with E-state index >= 15 is 0 Å². The second-order valence-corrected chi connectivity index (χ2v) is 6.08. The minimum Gasteiger partial charge on any atom is -0.378 e. The molecule has 3 rings (SSSR count). The molecule has 0 aliphatic heterocycles. The van der Waals surface area contributed by atoms with Crippen molar-refractivity contribution in [2.75, 3.05) is 0 Å². The Morgan fingerprint density at radius 1 is 1.36 bits per heavy atom. The van der Waals surface area contributed by atoms with Crippen molar-refractivity contribution in [2.45, 2.75) is 31.5 Å². The predicted molar refractivity (Wildman–Crippen MR) is 81.6 cm³/mol. The summed E-state index contributed by atoms with van der Waals surface area (Å²) in [5, 5.41) is 21.3. The normalized spacial score (nSPS) is 15.6. The number of hydrogen-bond acceptors (Lipinski definition) is 4. The number of halogens is 2. The number of nitrogens with zero attached hydrogens (tertiary/aromatic N) is 3. The molecule has 0 radical (unpaired) electrons. The van der Waals surface area contributed by atoms with Gasteiger partial charge in [0.1, 0.15) is 6.33 Å². The van der Waals surface area contributed by atoms with Crippen LogP contribution in [0.4, 0.5) is 0 Å². The number of benzene rings is 1. The first kappa shape index (κ1) is 15.3. The molecule has 0 bridgehead atoms. The number of nitrogens with one attached hydrogen (secondary N) is 1. The minimum absolute atomic E-state index is 0.209. The van der Waals surface area contributed by atoms with Crippen molar-refractivity contribution in [3.05, 3.63) is 46.0 Å². The average Bonchev–Trinajstić information content (AvgIpc) is 3.21. The molecule has 0 saturated heterocycles. The van der Waals surface area contributed by atoms with Gasteiger partial charge in [-0.2, -0.15) is 0 Å². The van der Waals surface area contributed by atoms with Gasteiger partial charge in [0, 0.05) is 16.1 Å². The van der Waals surface area contributed by atoms with Crippen LogP contribution >= 0.6 is 23.2 Å². The van der Waals surface area contributed by atoms with Gasteiger partial charge in [0.05, 0.1) is 6.54 Å². The van der Waals surface area contributed by atoms with Crippen molar-refractivity contribution in [2.24, 2.45) is 0 Å². The van der Waals surface area contributed by atoms with Crippen LogP contribution in [-0.4, -0.2) is 25.8 Å². The molecule has 8 heteroatoms. The number of aromatic nitrogens is 3. The summed E-state index contributed by atoms with van der Waals surface area (Å²) in [4.78, 5) is 12.1. The number of aliphatic hydroxyl groups is 1. The van der Waals surface area contributed by atoms with Crippen molar-refractivity contribution in [1.82, 2.24) is 20.1 Å². The number of rotatable bonds is 5. The van der Waals surface area contributed by atoms with Gasteiger partial charge in [-0.15, -0.1) is 10.2 Å². The Balaban J connectivity index is 1.64. The molecule has 1 fully saturated rings. The average molecular weight is 341 g/mol. The van der Waals surface area contributed by atoms with Gasteiger partial charge in [-0.25, -0.2) is 0 Å². The van der Waals surface area contributed by atoms with E-state index in [1.54, 1.807) is 6.33 Å². The molecule has 1 aliphatic rings. The van der Waals surface area contributed by atoms with E-state index < -0.39 is 12.0 Å². The maximum Gasteiger partial charge on any atom is 0.253 e. The van der Waals surface area contributed by atoms with Gasteiger partial charge in [0.25, 0.3) is 5.91 Å². The summed E-state index contributed by atoms with van der Waals surface area (Å²) >= 11 is 11.7. The first-order valence-electron chi connectivity index (χ1n) is 6.85. The van der Waals surface area contributed by atoms with E-state index in [0.29, 0.717) is 27.5 Å². The Morgan fingerprint density at radius 3 is 2.68 bits per heavy atom. The van der Waals surface area contributed by atoms with Crippen LogP contribution in [-0.2, 0) is 11.3 Å². The van der Waals surface area contributed by atoms with Crippen LogP contribution in [0.25, 0.3) is 0 Å². The van der Waals surface area contributed by atoms with Crippen LogP contribution < -0.4 is 5.32 Å². The lowest BCUT2D eigenvalue weighted by Crippen LogP contribution is -2.30. The second-order valence-electron chi connectivity index (χ2n) is 5.21. The van der Waals surface area contributed by atoms with E-state index in [0.717, 1.165) is 12.8 Å². The van der Waals surface area contributed by atoms with Gasteiger partial charge in [0.2, 0.25) is 0 Å². The van der Waals surface area contributed by atoms with E-state index in [-0.39, 0.29) is 6.54 Å². The van der Waals surface area contributed by atoms with Crippen molar-refractivity contribution >= 4 is 29.1 Å². The molecule has 2 N–H and O–H groups in total. The maximum absolute atomic E-state index is 12.1. The molecule has 1 atom stereocenters. The van der Waals surface area contributed by atoms with Crippen molar-refractivity contribution in [1.29, 1.82) is 0 Å². The van der Waals surface area contributed by atoms with Gasteiger partial charge in [0.15, 0.2) is 11.9 Å². The number of carbonyl (C=O) groups is 1. The summed E-state index contributed by atoms with van der Waals surface area (Å²) in [5.41, 5.74) is 0.346. The maximum atomic E-state index is 12.1. The molecular weight excluding hydrogens is 327 g/mol. The molecule has 2 aromatic rings. The quantitative estimate of drug-likeness (QED) is 0.874. The number of amides is 1. The Hall–Kier alpha value is -1.63. The lowest BCUT2D eigenvalue weighted by Gasteiger charge is -2.12. The SMILES string of the molecule is O=C(NCc1nncn1C1CC1)C(O)c1cc(Cl)cc(Cl)c1. The van der Waals surface area contributed by atoms with Gasteiger partial charge in [-0.05, 0) is 36.6 Å². The lowest BCUT2D eigenvalue weighted by molar-refractivity contribution is -0.129. The third-order valence-corrected chi connectivity index (χ3v) is 3.89. The summed E-state index contributed by atoms with van der Waals surface area (Å²) in [6.45, 7) is 0.209. The minimum atomic E-state index is -1.34. The number of aliphatic hydroxyl groups excluding tert-OH is 1. The fraction of sp³-hybridized carbons (Fsp3) is 0.357. The van der Waals surface area contributed by atoms with E-state index in [4.69, 9.17) is 23.2 Å². The van der Waals surface area contributed by atoms with Crippen LogP contribution in [0.2, 0.25) is 10.0 Å². The predicted octanol–water partition coefficient (Wildman–Crippen LogP) is 2.27. The number of hydrogen-bond donors (Lipinski definition) is 2. The molecule has 1 aromatic heterocycles. The summed E-state index contributed by atoms with van der Waals surface area (Å²) in [7, 11) is 0. The fourth-order valence-corrected chi connectivity index (χ4v) is 2.74. The Kier molecular flexibility index (Phi) is 4.33. The Morgan fingerprint density at radius 2 is 2.05 bits per heavy atom. The monoisotopic (exact) mass is 340 g/mol. The molecule has 116 valence electrons. The summed E-state index contributed by atoms with van der Waals surface area (Å²) in [5.74, 6) is 0.135. The first-order chi connectivity index (χ1) is 10.5. The Bertz CT molecular complexity index is 680. The van der Waals surface area contributed by atoms with E-state index in [1.165, 1.54) is 18.2 Å². The molecule has 6 nitrogen and oxygen atoms in total. The zero-order valence-electron chi connectivity index (χ0n) is 11.5. The molecule has 0 spiro atoms.